The third-order valence-corrected chi connectivity index (χ3v) is 4.63. The maximum Gasteiger partial charge on any atom is 0.408 e. The Morgan fingerprint density at radius 2 is 2.04 bits per heavy atom. The lowest BCUT2D eigenvalue weighted by Gasteiger charge is -2.32. The summed E-state index contributed by atoms with van der Waals surface area (Å²) >= 11 is 0. The zero-order valence-electron chi connectivity index (χ0n) is 14.3. The van der Waals surface area contributed by atoms with Gasteiger partial charge in [0.05, 0.1) is 20.3 Å². The minimum atomic E-state index is -1.36. The first-order valence-electron chi connectivity index (χ1n) is 8.13. The molecular formula is C15H24FN3O6. The van der Waals surface area contributed by atoms with Crippen LogP contribution in [0.3, 0.4) is 0 Å². The van der Waals surface area contributed by atoms with Gasteiger partial charge in [0, 0.05) is 32.7 Å². The van der Waals surface area contributed by atoms with Crippen molar-refractivity contribution in [1.29, 1.82) is 0 Å². The summed E-state index contributed by atoms with van der Waals surface area (Å²) < 4.78 is 23.4. The van der Waals surface area contributed by atoms with Crippen LogP contribution < -0.4 is 5.32 Å². The number of carbonyl (C=O) groups excluding carboxylic acids is 2. The maximum absolute atomic E-state index is 13.7. The first-order valence-corrected chi connectivity index (χ1v) is 8.13. The van der Waals surface area contributed by atoms with Gasteiger partial charge >= 0.3 is 12.1 Å². The van der Waals surface area contributed by atoms with E-state index < -0.39 is 36.2 Å². The normalized spacial score (nSPS) is 28.8. The molecule has 9 nitrogen and oxygen atoms in total. The molecule has 0 spiro atoms. The highest BCUT2D eigenvalue weighted by atomic mass is 19.1. The third-order valence-electron chi connectivity index (χ3n) is 4.63. The summed E-state index contributed by atoms with van der Waals surface area (Å²) in [6.45, 7) is 0.548. The standard InChI is InChI=1S/C15H24FN3O6/c1-24-4-3-18(10-6-11(17-7-10)14(21)25-2)13(20)12-5-9(16)8-19(12)15(22)23/h9-12,17H,3-8H2,1-2H3,(H,22,23)/t9-,10+,11+,12-/m0/s1. The number of rotatable bonds is 6. The van der Waals surface area contributed by atoms with E-state index in [0.717, 1.165) is 4.90 Å². The summed E-state index contributed by atoms with van der Waals surface area (Å²) in [5.41, 5.74) is 0. The van der Waals surface area contributed by atoms with Crippen LogP contribution in [0.4, 0.5) is 9.18 Å². The fraction of sp³-hybridized carbons (Fsp3) is 0.800. The van der Waals surface area contributed by atoms with Gasteiger partial charge in [-0.15, -0.1) is 0 Å². The lowest BCUT2D eigenvalue weighted by Crippen LogP contribution is -2.52. The molecule has 0 aromatic carbocycles. The SMILES string of the molecule is COCCN(C(=O)[C@@H]1C[C@H](F)CN1C(=O)O)[C@H]1CN[C@@H](C(=O)OC)C1. The van der Waals surface area contributed by atoms with Crippen molar-refractivity contribution in [2.45, 2.75) is 37.1 Å². The number of esters is 1. The minimum absolute atomic E-state index is 0.158. The van der Waals surface area contributed by atoms with E-state index in [4.69, 9.17) is 9.47 Å². The number of likely N-dealkylation sites (tertiary alicyclic amines) is 1. The predicted octanol–water partition coefficient (Wildman–Crippen LogP) is -0.545. The second-order valence-corrected chi connectivity index (χ2v) is 6.18. The molecule has 0 radical (unpaired) electrons. The Kier molecular flexibility index (Phi) is 6.54. The monoisotopic (exact) mass is 361 g/mol. The smallest absolute Gasteiger partial charge is 0.408 e. The number of halogens is 1. The molecule has 4 atom stereocenters. The van der Waals surface area contributed by atoms with Gasteiger partial charge < -0.3 is 24.8 Å². The molecular weight excluding hydrogens is 337 g/mol. The van der Waals surface area contributed by atoms with Gasteiger partial charge in [-0.2, -0.15) is 0 Å². The van der Waals surface area contributed by atoms with E-state index in [-0.39, 0.29) is 32.2 Å². The maximum atomic E-state index is 13.7. The van der Waals surface area contributed by atoms with Crippen molar-refractivity contribution < 1.29 is 33.4 Å². The van der Waals surface area contributed by atoms with Crippen LogP contribution in [0.1, 0.15) is 12.8 Å². The molecule has 0 unspecified atom stereocenters. The van der Waals surface area contributed by atoms with Crippen molar-refractivity contribution in [1.82, 2.24) is 15.1 Å². The quantitative estimate of drug-likeness (QED) is 0.612. The zero-order valence-corrected chi connectivity index (χ0v) is 14.3. The molecule has 0 bridgehead atoms. The molecule has 2 fully saturated rings. The van der Waals surface area contributed by atoms with Crippen molar-refractivity contribution in [2.24, 2.45) is 0 Å². The van der Waals surface area contributed by atoms with Crippen LogP contribution in [0.2, 0.25) is 0 Å². The van der Waals surface area contributed by atoms with Crippen LogP contribution in [0.15, 0.2) is 0 Å². The highest BCUT2D eigenvalue weighted by Gasteiger charge is 2.44. The topological polar surface area (TPSA) is 108 Å². The number of carbonyl (C=O) groups is 3. The molecule has 0 saturated carbocycles. The highest BCUT2D eigenvalue weighted by Crippen LogP contribution is 2.25. The molecule has 0 aromatic heterocycles. The summed E-state index contributed by atoms with van der Waals surface area (Å²) in [6.07, 6.45) is -2.49. The lowest BCUT2D eigenvalue weighted by molar-refractivity contribution is -0.143. The van der Waals surface area contributed by atoms with E-state index in [2.05, 4.69) is 5.32 Å². The molecule has 0 aromatic rings. The number of alkyl halides is 1. The van der Waals surface area contributed by atoms with E-state index in [1.165, 1.54) is 19.1 Å². The molecule has 25 heavy (non-hydrogen) atoms. The van der Waals surface area contributed by atoms with Crippen molar-refractivity contribution in [3.8, 4) is 0 Å². The lowest BCUT2D eigenvalue weighted by atomic mass is 10.1. The Morgan fingerprint density at radius 1 is 1.32 bits per heavy atom. The highest BCUT2D eigenvalue weighted by molar-refractivity contribution is 5.86. The fourth-order valence-corrected chi connectivity index (χ4v) is 3.36. The molecule has 2 amide bonds. The second-order valence-electron chi connectivity index (χ2n) is 6.18. The number of nitrogens with one attached hydrogen (secondary N) is 1. The molecule has 2 aliphatic heterocycles. The number of hydrogen-bond donors (Lipinski definition) is 2. The van der Waals surface area contributed by atoms with Crippen LogP contribution in [0.5, 0.6) is 0 Å². The van der Waals surface area contributed by atoms with Crippen LogP contribution in [0.25, 0.3) is 0 Å². The molecule has 2 N–H and O–H groups in total. The summed E-state index contributed by atoms with van der Waals surface area (Å²) in [5.74, 6) is -0.879. The molecule has 2 heterocycles. The van der Waals surface area contributed by atoms with Gasteiger partial charge in [-0.25, -0.2) is 9.18 Å². The Labute approximate surface area is 145 Å². The number of amides is 2. The molecule has 2 aliphatic rings. The van der Waals surface area contributed by atoms with Crippen LogP contribution in [-0.2, 0) is 19.1 Å². The molecule has 142 valence electrons. The van der Waals surface area contributed by atoms with Gasteiger partial charge in [0.15, 0.2) is 0 Å². The van der Waals surface area contributed by atoms with Crippen molar-refractivity contribution in [2.75, 3.05) is 40.5 Å². The minimum Gasteiger partial charge on any atom is -0.468 e. The van der Waals surface area contributed by atoms with E-state index >= 15 is 0 Å². The largest absolute Gasteiger partial charge is 0.468 e. The van der Waals surface area contributed by atoms with E-state index in [1.54, 1.807) is 0 Å². The Bertz CT molecular complexity index is 519. The van der Waals surface area contributed by atoms with Gasteiger partial charge in [0.25, 0.3) is 0 Å². The number of nitrogens with zero attached hydrogens (tertiary/aromatic N) is 2. The average Bonchev–Trinajstić information content (AvgIpc) is 3.21. The Morgan fingerprint density at radius 3 is 2.64 bits per heavy atom. The summed E-state index contributed by atoms with van der Waals surface area (Å²) in [7, 11) is 2.78. The van der Waals surface area contributed by atoms with E-state index in [9.17, 15) is 23.9 Å². The Balaban J connectivity index is 2.12. The fourth-order valence-electron chi connectivity index (χ4n) is 3.36. The van der Waals surface area contributed by atoms with Gasteiger partial charge in [0.2, 0.25) is 5.91 Å². The van der Waals surface area contributed by atoms with E-state index in [0.29, 0.717) is 13.0 Å². The molecule has 10 heteroatoms. The van der Waals surface area contributed by atoms with Crippen LogP contribution in [-0.4, -0.2) is 97.6 Å². The summed E-state index contributed by atoms with van der Waals surface area (Å²) in [5, 5.41) is 12.2. The number of carboxylic acid groups (broad SMARTS) is 1. The van der Waals surface area contributed by atoms with Gasteiger partial charge in [0.1, 0.15) is 18.3 Å². The van der Waals surface area contributed by atoms with Gasteiger partial charge in [-0.05, 0) is 6.42 Å². The molecule has 2 saturated heterocycles. The zero-order chi connectivity index (χ0) is 18.6. The number of methoxy groups -OCH3 is 2. The Hall–Kier alpha value is -1.94. The van der Waals surface area contributed by atoms with Crippen LogP contribution in [0, 0.1) is 0 Å². The predicted molar refractivity (Wildman–Crippen MR) is 83.8 cm³/mol. The average molecular weight is 361 g/mol. The number of hydrogen-bond acceptors (Lipinski definition) is 6. The summed E-state index contributed by atoms with van der Waals surface area (Å²) in [6, 6.07) is -1.90. The van der Waals surface area contributed by atoms with Crippen molar-refractivity contribution in [3.63, 3.8) is 0 Å². The van der Waals surface area contributed by atoms with E-state index in [1.807, 2.05) is 0 Å². The van der Waals surface area contributed by atoms with Gasteiger partial charge in [-0.3, -0.25) is 14.5 Å². The van der Waals surface area contributed by atoms with Crippen molar-refractivity contribution >= 4 is 18.0 Å². The van der Waals surface area contributed by atoms with Crippen molar-refractivity contribution in [3.05, 3.63) is 0 Å². The first-order chi connectivity index (χ1) is 11.9. The first kappa shape index (κ1) is 19.4. The summed E-state index contributed by atoms with van der Waals surface area (Å²) in [4.78, 5) is 38.2. The third kappa shape index (κ3) is 4.37. The number of ether oxygens (including phenoxy) is 2. The molecule has 0 aliphatic carbocycles. The van der Waals surface area contributed by atoms with Crippen LogP contribution >= 0.6 is 0 Å². The second kappa shape index (κ2) is 8.43. The molecule has 2 rings (SSSR count). The van der Waals surface area contributed by atoms with Gasteiger partial charge in [-0.1, -0.05) is 0 Å².